The molecule has 69 valence electrons. The minimum absolute atomic E-state index is 0. The SMILES string of the molecule is O=C(O)c1nc(Cl)ccc1Cl.[Cu]. The number of hydrogen-bond acceptors (Lipinski definition) is 2. The molecule has 0 bridgehead atoms. The van der Waals surface area contributed by atoms with Crippen LogP contribution in [0, 0.1) is 0 Å². The zero-order chi connectivity index (χ0) is 8.43. The van der Waals surface area contributed by atoms with E-state index in [0.717, 1.165) is 0 Å². The summed E-state index contributed by atoms with van der Waals surface area (Å²) < 4.78 is 0. The number of rotatable bonds is 1. The molecular formula is C6H3Cl2CuNO2. The van der Waals surface area contributed by atoms with Crippen LogP contribution >= 0.6 is 23.2 Å². The first-order valence-electron chi connectivity index (χ1n) is 2.66. The van der Waals surface area contributed by atoms with Crippen LogP contribution in [-0.2, 0) is 17.1 Å². The first-order chi connectivity index (χ1) is 5.11. The third kappa shape index (κ3) is 2.64. The van der Waals surface area contributed by atoms with Gasteiger partial charge < -0.3 is 5.11 Å². The molecule has 1 aromatic rings. The minimum atomic E-state index is -1.18. The van der Waals surface area contributed by atoms with Crippen LogP contribution in [0.1, 0.15) is 10.5 Å². The molecule has 0 unspecified atom stereocenters. The Kier molecular flexibility index (Phi) is 4.56. The minimum Gasteiger partial charge on any atom is -0.476 e. The van der Waals surface area contributed by atoms with Gasteiger partial charge in [0.25, 0.3) is 0 Å². The second-order valence-electron chi connectivity index (χ2n) is 1.77. The van der Waals surface area contributed by atoms with Crippen molar-refractivity contribution in [3.8, 4) is 0 Å². The van der Waals surface area contributed by atoms with E-state index in [1.165, 1.54) is 12.1 Å². The van der Waals surface area contributed by atoms with Gasteiger partial charge in [0.15, 0.2) is 5.69 Å². The fraction of sp³-hybridized carbons (Fsp3) is 0. The van der Waals surface area contributed by atoms with E-state index in [1.807, 2.05) is 0 Å². The second-order valence-corrected chi connectivity index (χ2v) is 2.56. The first-order valence-corrected chi connectivity index (χ1v) is 3.42. The van der Waals surface area contributed by atoms with Crippen LogP contribution in [0.25, 0.3) is 0 Å². The summed E-state index contributed by atoms with van der Waals surface area (Å²) in [5.74, 6) is -1.18. The number of carbonyl (C=O) groups is 1. The predicted octanol–water partition coefficient (Wildman–Crippen LogP) is 2.08. The molecule has 0 fully saturated rings. The van der Waals surface area contributed by atoms with Crippen LogP contribution in [0.4, 0.5) is 0 Å². The number of carboxylic acid groups (broad SMARTS) is 1. The number of aromatic nitrogens is 1. The average Bonchev–Trinajstić information content (AvgIpc) is 1.94. The molecule has 0 aromatic carbocycles. The van der Waals surface area contributed by atoms with Crippen molar-refractivity contribution in [3.05, 3.63) is 28.0 Å². The van der Waals surface area contributed by atoms with Crippen LogP contribution < -0.4 is 0 Å². The van der Waals surface area contributed by atoms with Crippen LogP contribution in [0.3, 0.4) is 0 Å². The Bertz CT molecular complexity index is 306. The van der Waals surface area contributed by atoms with Gasteiger partial charge >= 0.3 is 5.97 Å². The van der Waals surface area contributed by atoms with E-state index in [0.29, 0.717) is 0 Å². The van der Waals surface area contributed by atoms with Gasteiger partial charge in [-0.1, -0.05) is 23.2 Å². The molecule has 0 aliphatic heterocycles. The fourth-order valence-electron chi connectivity index (χ4n) is 0.568. The van der Waals surface area contributed by atoms with Gasteiger partial charge in [-0.15, -0.1) is 0 Å². The van der Waals surface area contributed by atoms with E-state index in [4.69, 9.17) is 28.3 Å². The molecule has 3 nitrogen and oxygen atoms in total. The van der Waals surface area contributed by atoms with Gasteiger partial charge in [0, 0.05) is 17.1 Å². The largest absolute Gasteiger partial charge is 0.476 e. The van der Waals surface area contributed by atoms with Crippen molar-refractivity contribution in [2.45, 2.75) is 0 Å². The smallest absolute Gasteiger partial charge is 0.356 e. The van der Waals surface area contributed by atoms with Gasteiger partial charge in [0.1, 0.15) is 5.15 Å². The molecule has 0 atom stereocenters. The molecule has 1 aromatic heterocycles. The van der Waals surface area contributed by atoms with Crippen molar-refractivity contribution in [2.24, 2.45) is 0 Å². The van der Waals surface area contributed by atoms with Crippen LogP contribution in [-0.4, -0.2) is 16.1 Å². The molecule has 0 amide bonds. The Morgan fingerprint density at radius 1 is 1.42 bits per heavy atom. The predicted molar refractivity (Wildman–Crippen MR) is 41.2 cm³/mol. The van der Waals surface area contributed by atoms with Crippen molar-refractivity contribution in [2.75, 3.05) is 0 Å². The van der Waals surface area contributed by atoms with Crippen molar-refractivity contribution >= 4 is 29.2 Å². The summed E-state index contributed by atoms with van der Waals surface area (Å²) in [6, 6.07) is 2.82. The number of pyridine rings is 1. The Morgan fingerprint density at radius 3 is 2.42 bits per heavy atom. The van der Waals surface area contributed by atoms with Gasteiger partial charge in [-0.25, -0.2) is 9.78 Å². The molecule has 0 saturated heterocycles. The number of nitrogens with zero attached hydrogens (tertiary/aromatic N) is 1. The summed E-state index contributed by atoms with van der Waals surface area (Å²) in [6.07, 6.45) is 0. The zero-order valence-corrected chi connectivity index (χ0v) is 7.97. The monoisotopic (exact) mass is 254 g/mol. The topological polar surface area (TPSA) is 50.2 Å². The van der Waals surface area contributed by atoms with Crippen molar-refractivity contribution in [1.82, 2.24) is 4.98 Å². The van der Waals surface area contributed by atoms with Gasteiger partial charge in [0.2, 0.25) is 0 Å². The van der Waals surface area contributed by atoms with Gasteiger partial charge in [-0.05, 0) is 12.1 Å². The van der Waals surface area contributed by atoms with Crippen LogP contribution in [0.5, 0.6) is 0 Å². The summed E-state index contributed by atoms with van der Waals surface area (Å²) >= 11 is 10.9. The van der Waals surface area contributed by atoms with Gasteiger partial charge in [-0.3, -0.25) is 0 Å². The number of aromatic carboxylic acids is 1. The second kappa shape index (κ2) is 4.67. The summed E-state index contributed by atoms with van der Waals surface area (Å²) in [5, 5.41) is 8.69. The van der Waals surface area contributed by atoms with E-state index < -0.39 is 5.97 Å². The molecular weight excluding hydrogens is 253 g/mol. The van der Waals surface area contributed by atoms with E-state index in [1.54, 1.807) is 0 Å². The molecule has 1 rings (SSSR count). The first kappa shape index (κ1) is 11.7. The summed E-state index contributed by atoms with van der Waals surface area (Å²) in [7, 11) is 0. The van der Waals surface area contributed by atoms with Gasteiger partial charge in [-0.2, -0.15) is 0 Å². The molecule has 0 aliphatic carbocycles. The molecule has 0 spiro atoms. The normalized spacial score (nSPS) is 8.83. The summed E-state index contributed by atoms with van der Waals surface area (Å²) in [5.41, 5.74) is -0.223. The molecule has 1 N–H and O–H groups in total. The van der Waals surface area contributed by atoms with E-state index in [-0.39, 0.29) is 32.9 Å². The molecule has 6 heteroatoms. The van der Waals surface area contributed by atoms with E-state index >= 15 is 0 Å². The third-order valence-electron chi connectivity index (χ3n) is 1.01. The quantitative estimate of drug-likeness (QED) is 0.617. The van der Waals surface area contributed by atoms with Crippen molar-refractivity contribution in [1.29, 1.82) is 0 Å². The van der Waals surface area contributed by atoms with Crippen molar-refractivity contribution < 1.29 is 27.0 Å². The van der Waals surface area contributed by atoms with Crippen molar-refractivity contribution in [3.63, 3.8) is 0 Å². The Balaban J connectivity index is 0.00000121. The molecule has 0 saturated carbocycles. The molecule has 1 heterocycles. The summed E-state index contributed by atoms with van der Waals surface area (Å²) in [4.78, 5) is 13.9. The third-order valence-corrected chi connectivity index (χ3v) is 1.53. The van der Waals surface area contributed by atoms with Crippen LogP contribution in [0.2, 0.25) is 10.2 Å². The summed E-state index contributed by atoms with van der Waals surface area (Å²) in [6.45, 7) is 0. The Morgan fingerprint density at radius 2 is 2.00 bits per heavy atom. The van der Waals surface area contributed by atoms with E-state index in [9.17, 15) is 4.79 Å². The maximum atomic E-state index is 10.4. The average molecular weight is 256 g/mol. The van der Waals surface area contributed by atoms with E-state index in [2.05, 4.69) is 4.98 Å². The molecule has 12 heavy (non-hydrogen) atoms. The number of carboxylic acids is 1. The van der Waals surface area contributed by atoms with Crippen LogP contribution in [0.15, 0.2) is 12.1 Å². The number of hydrogen-bond donors (Lipinski definition) is 1. The van der Waals surface area contributed by atoms with Gasteiger partial charge in [0.05, 0.1) is 5.02 Å². The Labute approximate surface area is 89.2 Å². The molecule has 0 aliphatic rings. The fourth-order valence-corrected chi connectivity index (χ4v) is 0.902. The number of halogens is 2. The Hall–Kier alpha value is -0.281. The molecule has 1 radical (unpaired) electrons. The standard InChI is InChI=1S/C6H3Cl2NO2.Cu/c7-3-1-2-4(8)9-5(3)6(10)11;/h1-2H,(H,10,11);. The maximum absolute atomic E-state index is 10.4. The zero-order valence-electron chi connectivity index (χ0n) is 5.51. The maximum Gasteiger partial charge on any atom is 0.356 e.